The first-order valence-corrected chi connectivity index (χ1v) is 13.3. The average molecular weight is 486 g/mol. The highest BCUT2D eigenvalue weighted by molar-refractivity contribution is 5.91. The number of nitrogens with one attached hydrogen (secondary N) is 1. The number of aryl methyl sites for hydroxylation is 1. The monoisotopic (exact) mass is 485 g/mol. The Morgan fingerprint density at radius 3 is 2.64 bits per heavy atom. The molecule has 0 unspecified atom stereocenters. The molecule has 2 fully saturated rings. The first-order chi connectivity index (χ1) is 17.7. The van der Waals surface area contributed by atoms with Crippen LogP contribution in [0.5, 0.6) is 0 Å². The molecule has 0 atom stereocenters. The molecule has 0 amide bonds. The van der Waals surface area contributed by atoms with Crippen LogP contribution in [0.15, 0.2) is 43.0 Å². The van der Waals surface area contributed by atoms with Crippen molar-refractivity contribution in [2.75, 3.05) is 50.8 Å². The van der Waals surface area contributed by atoms with Crippen LogP contribution in [-0.4, -0.2) is 75.6 Å². The summed E-state index contributed by atoms with van der Waals surface area (Å²) in [7, 11) is 0. The van der Waals surface area contributed by atoms with Gasteiger partial charge in [0, 0.05) is 61.0 Å². The maximum atomic E-state index is 5.54. The normalized spacial score (nSPS) is 17.8. The maximum absolute atomic E-state index is 5.54. The van der Waals surface area contributed by atoms with Gasteiger partial charge in [-0.15, -0.1) is 0 Å². The van der Waals surface area contributed by atoms with Gasteiger partial charge in [-0.2, -0.15) is 5.10 Å². The molecule has 1 N–H and O–H groups in total. The lowest BCUT2D eigenvalue weighted by Gasteiger charge is -2.31. The predicted octanol–water partition coefficient (Wildman–Crippen LogP) is 4.54. The van der Waals surface area contributed by atoms with Crippen molar-refractivity contribution in [2.45, 2.75) is 39.2 Å². The minimum atomic E-state index is 0.464. The van der Waals surface area contributed by atoms with Crippen molar-refractivity contribution in [1.82, 2.24) is 29.6 Å². The van der Waals surface area contributed by atoms with Gasteiger partial charge in [-0.25, -0.2) is 9.97 Å². The maximum Gasteiger partial charge on any atom is 0.156 e. The fourth-order valence-electron chi connectivity index (χ4n) is 5.57. The van der Waals surface area contributed by atoms with E-state index in [0.717, 1.165) is 98.7 Å². The van der Waals surface area contributed by atoms with E-state index in [0.29, 0.717) is 6.04 Å². The van der Waals surface area contributed by atoms with Gasteiger partial charge in [-0.3, -0.25) is 4.68 Å². The van der Waals surface area contributed by atoms with E-state index >= 15 is 0 Å². The van der Waals surface area contributed by atoms with Gasteiger partial charge in [0.25, 0.3) is 0 Å². The van der Waals surface area contributed by atoms with Crippen molar-refractivity contribution in [3.63, 3.8) is 0 Å². The summed E-state index contributed by atoms with van der Waals surface area (Å²) in [5, 5.41) is 4.73. The second-order valence-electron chi connectivity index (χ2n) is 9.83. The molecule has 2 aliphatic heterocycles. The Hall–Kier alpha value is -3.23. The minimum Gasteiger partial charge on any atom is -0.378 e. The van der Waals surface area contributed by atoms with Crippen LogP contribution in [0, 0.1) is 0 Å². The van der Waals surface area contributed by atoms with Gasteiger partial charge >= 0.3 is 0 Å². The number of likely N-dealkylation sites (tertiary alicyclic amines) is 1. The smallest absolute Gasteiger partial charge is 0.156 e. The molecule has 8 heteroatoms. The molecule has 0 radical (unpaired) electrons. The third-order valence-electron chi connectivity index (χ3n) is 7.78. The topological polar surface area (TPSA) is 75.1 Å². The second-order valence-corrected chi connectivity index (χ2v) is 9.83. The molecular formula is C28H35N7O. The molecule has 0 bridgehead atoms. The molecule has 2 saturated heterocycles. The summed E-state index contributed by atoms with van der Waals surface area (Å²) in [5.41, 5.74) is 8.47. The molecule has 5 heterocycles. The van der Waals surface area contributed by atoms with Gasteiger partial charge in [0.05, 0.1) is 37.3 Å². The number of fused-ring (bicyclic) bond motifs is 1. The molecule has 2 aliphatic rings. The highest BCUT2D eigenvalue weighted by Gasteiger charge is 2.21. The molecule has 1 aromatic carbocycles. The standard InChI is InChI=1S/C28H35N7O/c1-3-20-15-21(5-6-26(20)34-11-13-36-14-12-34)25-18-30-28-27(32-25)24(17-29-28)22-16-31-35(19-22)23-7-9-33(4-2)10-8-23/h5-6,15-19,23H,3-4,7-14H2,1-2H3,(H,29,30). The number of hydrogen-bond donors (Lipinski definition) is 1. The molecule has 0 saturated carbocycles. The first kappa shape index (κ1) is 23.2. The Kier molecular flexibility index (Phi) is 6.46. The van der Waals surface area contributed by atoms with Crippen LogP contribution in [0.25, 0.3) is 33.5 Å². The zero-order valence-electron chi connectivity index (χ0n) is 21.3. The highest BCUT2D eigenvalue weighted by atomic mass is 16.5. The zero-order chi connectivity index (χ0) is 24.5. The van der Waals surface area contributed by atoms with E-state index in [-0.39, 0.29) is 0 Å². The third kappa shape index (κ3) is 4.40. The SMILES string of the molecule is CCc1cc(-c2cnc3[nH]cc(-c4cnn(C5CCN(CC)CC5)c4)c3n2)ccc1N1CCOCC1. The Morgan fingerprint density at radius 2 is 1.86 bits per heavy atom. The lowest BCUT2D eigenvalue weighted by Crippen LogP contribution is -2.36. The zero-order valence-corrected chi connectivity index (χ0v) is 21.3. The molecule has 188 valence electrons. The number of aromatic nitrogens is 5. The van der Waals surface area contributed by atoms with Crippen LogP contribution >= 0.6 is 0 Å². The lowest BCUT2D eigenvalue weighted by molar-refractivity contribution is 0.122. The van der Waals surface area contributed by atoms with Gasteiger partial charge < -0.3 is 19.5 Å². The van der Waals surface area contributed by atoms with Gasteiger partial charge in [0.1, 0.15) is 5.52 Å². The summed E-state index contributed by atoms with van der Waals surface area (Å²) in [5.74, 6) is 0. The van der Waals surface area contributed by atoms with E-state index in [4.69, 9.17) is 19.8 Å². The fraction of sp³-hybridized carbons (Fsp3) is 0.464. The van der Waals surface area contributed by atoms with E-state index < -0.39 is 0 Å². The minimum absolute atomic E-state index is 0.464. The molecule has 3 aromatic heterocycles. The van der Waals surface area contributed by atoms with Crippen LogP contribution in [0.1, 0.15) is 38.3 Å². The van der Waals surface area contributed by atoms with Crippen molar-refractivity contribution < 1.29 is 4.74 Å². The quantitative estimate of drug-likeness (QED) is 0.432. The number of piperidine rings is 1. The molecule has 4 aromatic rings. The van der Waals surface area contributed by atoms with E-state index in [1.54, 1.807) is 0 Å². The van der Waals surface area contributed by atoms with Crippen molar-refractivity contribution in [1.29, 1.82) is 0 Å². The Morgan fingerprint density at radius 1 is 1.03 bits per heavy atom. The summed E-state index contributed by atoms with van der Waals surface area (Å²) >= 11 is 0. The van der Waals surface area contributed by atoms with Gasteiger partial charge in [0.2, 0.25) is 0 Å². The Balaban J connectivity index is 1.28. The lowest BCUT2D eigenvalue weighted by atomic mass is 10.0. The first-order valence-electron chi connectivity index (χ1n) is 13.3. The summed E-state index contributed by atoms with van der Waals surface area (Å²) in [6.07, 6.45) is 11.3. The van der Waals surface area contributed by atoms with Crippen molar-refractivity contribution in [3.05, 3.63) is 48.5 Å². The average Bonchev–Trinajstić information content (AvgIpc) is 3.60. The molecule has 36 heavy (non-hydrogen) atoms. The number of aromatic amines is 1. The summed E-state index contributed by atoms with van der Waals surface area (Å²) in [4.78, 5) is 18.0. The van der Waals surface area contributed by atoms with Gasteiger partial charge in [0.15, 0.2) is 5.65 Å². The second kappa shape index (κ2) is 10.0. The Bertz CT molecular complexity index is 1330. The summed E-state index contributed by atoms with van der Waals surface area (Å²) in [6, 6.07) is 7.14. The fourth-order valence-corrected chi connectivity index (χ4v) is 5.57. The number of rotatable bonds is 6. The number of morpholine rings is 1. The van der Waals surface area contributed by atoms with Crippen molar-refractivity contribution >= 4 is 16.9 Å². The number of hydrogen-bond acceptors (Lipinski definition) is 6. The Labute approximate surface area is 212 Å². The number of anilines is 1. The predicted molar refractivity (Wildman–Crippen MR) is 143 cm³/mol. The third-order valence-corrected chi connectivity index (χ3v) is 7.78. The van der Waals surface area contributed by atoms with E-state index in [1.165, 1.54) is 11.3 Å². The molecule has 0 spiro atoms. The van der Waals surface area contributed by atoms with Crippen LogP contribution in [0.2, 0.25) is 0 Å². The molecule has 0 aliphatic carbocycles. The van der Waals surface area contributed by atoms with Crippen molar-refractivity contribution in [3.8, 4) is 22.4 Å². The highest BCUT2D eigenvalue weighted by Crippen LogP contribution is 2.32. The van der Waals surface area contributed by atoms with Crippen LogP contribution in [0.4, 0.5) is 5.69 Å². The van der Waals surface area contributed by atoms with Gasteiger partial charge in [-0.05, 0) is 43.5 Å². The number of benzene rings is 1. The van der Waals surface area contributed by atoms with E-state index in [9.17, 15) is 0 Å². The number of ether oxygens (including phenoxy) is 1. The van der Waals surface area contributed by atoms with E-state index in [2.05, 4.69) is 57.7 Å². The van der Waals surface area contributed by atoms with Crippen LogP contribution < -0.4 is 4.90 Å². The van der Waals surface area contributed by atoms with E-state index in [1.807, 2.05) is 18.6 Å². The van der Waals surface area contributed by atoms with Crippen LogP contribution in [0.3, 0.4) is 0 Å². The molecule has 8 nitrogen and oxygen atoms in total. The van der Waals surface area contributed by atoms with Crippen LogP contribution in [-0.2, 0) is 11.2 Å². The molecule has 6 rings (SSSR count). The summed E-state index contributed by atoms with van der Waals surface area (Å²) in [6.45, 7) is 11.3. The molecular weight excluding hydrogens is 450 g/mol. The number of H-pyrrole nitrogens is 1. The number of nitrogens with zero attached hydrogens (tertiary/aromatic N) is 6. The summed E-state index contributed by atoms with van der Waals surface area (Å²) < 4.78 is 7.69. The largest absolute Gasteiger partial charge is 0.378 e. The van der Waals surface area contributed by atoms with Crippen molar-refractivity contribution in [2.24, 2.45) is 0 Å². The van der Waals surface area contributed by atoms with Gasteiger partial charge in [-0.1, -0.05) is 19.9 Å².